The first kappa shape index (κ1) is 14.3. The summed E-state index contributed by atoms with van der Waals surface area (Å²) >= 11 is 0. The van der Waals surface area contributed by atoms with Crippen LogP contribution in [-0.4, -0.2) is 31.4 Å². The van der Waals surface area contributed by atoms with Gasteiger partial charge in [0.25, 0.3) is 0 Å². The highest BCUT2D eigenvalue weighted by molar-refractivity contribution is 5.12. The summed E-state index contributed by atoms with van der Waals surface area (Å²) in [6, 6.07) is 0.412. The fourth-order valence-corrected chi connectivity index (χ4v) is 2.81. The van der Waals surface area contributed by atoms with Gasteiger partial charge in [-0.25, -0.2) is 0 Å². The standard InChI is InChI=1S/C15H23N5O/c1-15(2,3)14-17-13(18-21-14)10-20-7-5-6-12(20)11-8-16-19(4)9-11/h8-9,12H,5-7,10H2,1-4H3/t12-/m0/s1. The zero-order valence-corrected chi connectivity index (χ0v) is 13.2. The van der Waals surface area contributed by atoms with Crippen LogP contribution in [0.15, 0.2) is 16.9 Å². The Morgan fingerprint density at radius 2 is 2.19 bits per heavy atom. The van der Waals surface area contributed by atoms with E-state index in [0.717, 1.165) is 25.3 Å². The summed E-state index contributed by atoms with van der Waals surface area (Å²) in [7, 11) is 1.96. The lowest BCUT2D eigenvalue weighted by molar-refractivity contribution is 0.237. The van der Waals surface area contributed by atoms with Crippen LogP contribution in [0.25, 0.3) is 0 Å². The predicted octanol–water partition coefficient (Wildman–Crippen LogP) is 2.44. The fraction of sp³-hybridized carbons (Fsp3) is 0.667. The van der Waals surface area contributed by atoms with Gasteiger partial charge in [0.05, 0.1) is 12.7 Å². The minimum absolute atomic E-state index is 0.0982. The average molecular weight is 289 g/mol. The van der Waals surface area contributed by atoms with Gasteiger partial charge in [0.2, 0.25) is 5.89 Å². The van der Waals surface area contributed by atoms with Crippen LogP contribution in [0.4, 0.5) is 0 Å². The van der Waals surface area contributed by atoms with E-state index in [1.165, 1.54) is 12.0 Å². The third-order valence-corrected chi connectivity index (χ3v) is 3.93. The lowest BCUT2D eigenvalue weighted by atomic mass is 9.97. The molecule has 0 bridgehead atoms. The number of aryl methyl sites for hydroxylation is 1. The Bertz CT molecular complexity index is 610. The van der Waals surface area contributed by atoms with Crippen LogP contribution < -0.4 is 0 Å². The van der Waals surface area contributed by atoms with Gasteiger partial charge in [0.15, 0.2) is 5.82 Å². The van der Waals surface area contributed by atoms with E-state index < -0.39 is 0 Å². The van der Waals surface area contributed by atoms with E-state index in [-0.39, 0.29) is 5.41 Å². The first-order valence-corrected chi connectivity index (χ1v) is 7.49. The first-order valence-electron chi connectivity index (χ1n) is 7.49. The molecule has 1 fully saturated rings. The first-order chi connectivity index (χ1) is 9.93. The minimum Gasteiger partial charge on any atom is -0.339 e. The zero-order chi connectivity index (χ0) is 15.0. The van der Waals surface area contributed by atoms with Gasteiger partial charge < -0.3 is 4.52 Å². The lowest BCUT2D eigenvalue weighted by Gasteiger charge is -2.21. The van der Waals surface area contributed by atoms with Crippen LogP contribution in [0, 0.1) is 0 Å². The lowest BCUT2D eigenvalue weighted by Crippen LogP contribution is -2.23. The number of nitrogens with zero attached hydrogens (tertiary/aromatic N) is 5. The summed E-state index contributed by atoms with van der Waals surface area (Å²) < 4.78 is 7.24. The highest BCUT2D eigenvalue weighted by atomic mass is 16.5. The molecule has 0 unspecified atom stereocenters. The molecule has 1 aliphatic rings. The molecule has 6 heteroatoms. The van der Waals surface area contributed by atoms with Gasteiger partial charge in [0.1, 0.15) is 0 Å². The van der Waals surface area contributed by atoms with Crippen molar-refractivity contribution in [3.05, 3.63) is 29.7 Å². The molecule has 0 radical (unpaired) electrons. The molecule has 0 spiro atoms. The summed E-state index contributed by atoms with van der Waals surface area (Å²) in [6.45, 7) is 8.05. The summed E-state index contributed by atoms with van der Waals surface area (Å²) in [5.41, 5.74) is 1.17. The molecule has 3 rings (SSSR count). The molecule has 0 aromatic carbocycles. The molecule has 0 amide bonds. The summed E-state index contributed by atoms with van der Waals surface area (Å²) in [6.07, 6.45) is 6.42. The SMILES string of the molecule is Cn1cc([C@@H]2CCCN2Cc2noc(C(C)(C)C)n2)cn1. The van der Waals surface area contributed by atoms with Crippen molar-refractivity contribution in [1.82, 2.24) is 24.8 Å². The Labute approximate surface area is 125 Å². The normalized spacial score (nSPS) is 20.3. The van der Waals surface area contributed by atoms with Gasteiger partial charge in [-0.3, -0.25) is 9.58 Å². The van der Waals surface area contributed by atoms with E-state index in [1.54, 1.807) is 0 Å². The monoisotopic (exact) mass is 289 g/mol. The van der Waals surface area contributed by atoms with E-state index in [0.29, 0.717) is 11.9 Å². The minimum atomic E-state index is -0.0982. The molecule has 2 aromatic heterocycles. The Kier molecular flexibility index (Phi) is 3.57. The van der Waals surface area contributed by atoms with Gasteiger partial charge in [0, 0.05) is 30.3 Å². The molecule has 0 saturated carbocycles. The Morgan fingerprint density at radius 3 is 2.81 bits per heavy atom. The number of hydrogen-bond acceptors (Lipinski definition) is 5. The molecule has 1 aliphatic heterocycles. The number of hydrogen-bond donors (Lipinski definition) is 0. The van der Waals surface area contributed by atoms with Gasteiger partial charge >= 0.3 is 0 Å². The molecule has 6 nitrogen and oxygen atoms in total. The Hall–Kier alpha value is -1.69. The van der Waals surface area contributed by atoms with E-state index in [2.05, 4.69) is 47.1 Å². The largest absolute Gasteiger partial charge is 0.339 e. The maximum atomic E-state index is 5.38. The van der Waals surface area contributed by atoms with Gasteiger partial charge in [-0.05, 0) is 19.4 Å². The second-order valence-corrected chi connectivity index (χ2v) is 6.84. The maximum absolute atomic E-state index is 5.38. The van der Waals surface area contributed by atoms with E-state index in [1.807, 2.05) is 17.9 Å². The predicted molar refractivity (Wildman–Crippen MR) is 78.6 cm³/mol. The molecule has 3 heterocycles. The van der Waals surface area contributed by atoms with Gasteiger partial charge in [-0.15, -0.1) is 0 Å². The second kappa shape index (κ2) is 5.26. The number of likely N-dealkylation sites (tertiary alicyclic amines) is 1. The molecular formula is C15H23N5O. The molecule has 1 saturated heterocycles. The molecular weight excluding hydrogens is 266 g/mol. The molecule has 0 aliphatic carbocycles. The Morgan fingerprint density at radius 1 is 1.38 bits per heavy atom. The third kappa shape index (κ3) is 3.00. The van der Waals surface area contributed by atoms with Gasteiger partial charge in [-0.1, -0.05) is 25.9 Å². The summed E-state index contributed by atoms with van der Waals surface area (Å²) in [4.78, 5) is 6.95. The second-order valence-electron chi connectivity index (χ2n) is 6.84. The van der Waals surface area contributed by atoms with Crippen molar-refractivity contribution in [1.29, 1.82) is 0 Å². The van der Waals surface area contributed by atoms with Crippen molar-refractivity contribution < 1.29 is 4.52 Å². The van der Waals surface area contributed by atoms with E-state index in [9.17, 15) is 0 Å². The maximum Gasteiger partial charge on any atom is 0.232 e. The molecule has 1 atom stereocenters. The van der Waals surface area contributed by atoms with Crippen LogP contribution >= 0.6 is 0 Å². The van der Waals surface area contributed by atoms with Crippen molar-refractivity contribution in [2.45, 2.75) is 51.6 Å². The van der Waals surface area contributed by atoms with E-state index in [4.69, 9.17) is 4.52 Å². The third-order valence-electron chi connectivity index (χ3n) is 3.93. The van der Waals surface area contributed by atoms with Crippen molar-refractivity contribution in [2.75, 3.05) is 6.54 Å². The summed E-state index contributed by atoms with van der Waals surface area (Å²) in [5.74, 6) is 1.48. The molecule has 21 heavy (non-hydrogen) atoms. The van der Waals surface area contributed by atoms with Crippen LogP contribution in [0.3, 0.4) is 0 Å². The van der Waals surface area contributed by atoms with Crippen LogP contribution in [0.1, 0.15) is 56.9 Å². The fourth-order valence-electron chi connectivity index (χ4n) is 2.81. The number of rotatable bonds is 3. The molecule has 2 aromatic rings. The molecule has 0 N–H and O–H groups in total. The highest BCUT2D eigenvalue weighted by Crippen LogP contribution is 2.32. The van der Waals surface area contributed by atoms with Crippen molar-refractivity contribution in [3.63, 3.8) is 0 Å². The number of aromatic nitrogens is 4. The average Bonchev–Trinajstić information content (AvgIpc) is 3.08. The zero-order valence-electron chi connectivity index (χ0n) is 13.2. The summed E-state index contributed by atoms with van der Waals surface area (Å²) in [5, 5.41) is 8.41. The van der Waals surface area contributed by atoms with E-state index >= 15 is 0 Å². The smallest absolute Gasteiger partial charge is 0.232 e. The quantitative estimate of drug-likeness (QED) is 0.868. The Balaban J connectivity index is 1.73. The van der Waals surface area contributed by atoms with Crippen LogP contribution in [0.5, 0.6) is 0 Å². The molecule has 114 valence electrons. The van der Waals surface area contributed by atoms with Gasteiger partial charge in [-0.2, -0.15) is 10.1 Å². The van der Waals surface area contributed by atoms with Crippen molar-refractivity contribution in [2.24, 2.45) is 7.05 Å². The van der Waals surface area contributed by atoms with Crippen molar-refractivity contribution >= 4 is 0 Å². The highest BCUT2D eigenvalue weighted by Gasteiger charge is 2.29. The van der Waals surface area contributed by atoms with Crippen molar-refractivity contribution in [3.8, 4) is 0 Å². The van der Waals surface area contributed by atoms with Crippen LogP contribution in [-0.2, 0) is 19.0 Å². The topological polar surface area (TPSA) is 60.0 Å². The van der Waals surface area contributed by atoms with Crippen LogP contribution in [0.2, 0.25) is 0 Å².